The lowest BCUT2D eigenvalue weighted by Crippen LogP contribution is -2.34. The number of aromatic nitrogens is 2. The number of nitrogens with one attached hydrogen (secondary N) is 1. The van der Waals surface area contributed by atoms with E-state index in [9.17, 15) is 4.79 Å². The molecule has 3 aromatic rings. The Morgan fingerprint density at radius 3 is 3.00 bits per heavy atom. The van der Waals surface area contributed by atoms with Crippen LogP contribution < -0.4 is 10.1 Å². The average Bonchev–Trinajstić information content (AvgIpc) is 3.32. The van der Waals surface area contributed by atoms with E-state index in [-0.39, 0.29) is 12.0 Å². The largest absolute Gasteiger partial charge is 0.486 e. The van der Waals surface area contributed by atoms with Crippen LogP contribution in [0.4, 0.5) is 0 Å². The molecule has 4 rings (SSSR count). The summed E-state index contributed by atoms with van der Waals surface area (Å²) in [4.78, 5) is 21.0. The lowest BCUT2D eigenvalue weighted by Gasteiger charge is -2.12. The molecule has 0 spiro atoms. The Morgan fingerprint density at radius 1 is 1.39 bits per heavy atom. The summed E-state index contributed by atoms with van der Waals surface area (Å²) in [6.07, 6.45) is 5.66. The van der Waals surface area contributed by atoms with Gasteiger partial charge in [-0.15, -0.1) is 0 Å². The number of amides is 1. The fourth-order valence-corrected chi connectivity index (χ4v) is 3.81. The van der Waals surface area contributed by atoms with Crippen LogP contribution in [-0.4, -0.2) is 34.8 Å². The van der Waals surface area contributed by atoms with Gasteiger partial charge >= 0.3 is 0 Å². The zero-order chi connectivity index (χ0) is 19.7. The van der Waals surface area contributed by atoms with Gasteiger partial charge in [0.25, 0.3) is 5.91 Å². The second kappa shape index (κ2) is 7.85. The molecule has 8 heteroatoms. The number of aryl methyl sites for hydroxylation is 1. The standard InChI is InChI=1S/C20H18ClN3O3S/c1-11-15(4-6-26-11)19(25)23-10-14-8-13-7-12(9-16(21)18(13)27-14)17-3-5-22-20(24-17)28-2/h3-7,9,14H,8,10H2,1-2H3,(H,23,25)/t14-/m0/s1. The molecule has 28 heavy (non-hydrogen) atoms. The van der Waals surface area contributed by atoms with Crippen LogP contribution >= 0.6 is 23.4 Å². The van der Waals surface area contributed by atoms with Crippen molar-refractivity contribution in [3.63, 3.8) is 0 Å². The zero-order valence-corrected chi connectivity index (χ0v) is 16.9. The number of rotatable bonds is 5. The molecule has 1 aliphatic rings. The van der Waals surface area contributed by atoms with Crippen LogP contribution in [0, 0.1) is 6.92 Å². The predicted molar refractivity (Wildman–Crippen MR) is 108 cm³/mol. The first kappa shape index (κ1) is 18.8. The third kappa shape index (κ3) is 3.72. The number of benzene rings is 1. The molecule has 3 heterocycles. The van der Waals surface area contributed by atoms with Gasteiger partial charge in [0, 0.05) is 23.7 Å². The first-order valence-corrected chi connectivity index (χ1v) is 10.3. The molecule has 0 bridgehead atoms. The number of hydrogen-bond acceptors (Lipinski definition) is 6. The van der Waals surface area contributed by atoms with E-state index in [1.165, 1.54) is 18.0 Å². The maximum atomic E-state index is 12.3. The van der Waals surface area contributed by atoms with Crippen LogP contribution in [-0.2, 0) is 6.42 Å². The van der Waals surface area contributed by atoms with E-state index >= 15 is 0 Å². The molecule has 0 unspecified atom stereocenters. The Balaban J connectivity index is 1.48. The van der Waals surface area contributed by atoms with E-state index in [0.717, 1.165) is 16.8 Å². The summed E-state index contributed by atoms with van der Waals surface area (Å²) in [5, 5.41) is 4.14. The number of carbonyl (C=O) groups is 1. The van der Waals surface area contributed by atoms with E-state index in [4.69, 9.17) is 20.8 Å². The van der Waals surface area contributed by atoms with E-state index in [1.54, 1.807) is 19.2 Å². The Labute approximate surface area is 171 Å². The summed E-state index contributed by atoms with van der Waals surface area (Å²) in [6.45, 7) is 2.14. The van der Waals surface area contributed by atoms with E-state index in [0.29, 0.717) is 40.2 Å². The highest BCUT2D eigenvalue weighted by molar-refractivity contribution is 7.98. The molecule has 144 valence electrons. The summed E-state index contributed by atoms with van der Waals surface area (Å²) < 4.78 is 11.1. The van der Waals surface area contributed by atoms with Crippen molar-refractivity contribution in [2.45, 2.75) is 24.6 Å². The summed E-state index contributed by atoms with van der Waals surface area (Å²) in [6, 6.07) is 7.40. The van der Waals surface area contributed by atoms with Crippen molar-refractivity contribution in [1.82, 2.24) is 15.3 Å². The van der Waals surface area contributed by atoms with Crippen LogP contribution in [0.1, 0.15) is 21.7 Å². The van der Waals surface area contributed by atoms with E-state index < -0.39 is 0 Å². The number of thioether (sulfide) groups is 1. The maximum Gasteiger partial charge on any atom is 0.254 e. The van der Waals surface area contributed by atoms with Crippen LogP contribution in [0.25, 0.3) is 11.3 Å². The minimum absolute atomic E-state index is 0.175. The molecule has 1 aromatic carbocycles. The lowest BCUT2D eigenvalue weighted by atomic mass is 10.0. The van der Waals surface area contributed by atoms with Gasteiger partial charge in [-0.1, -0.05) is 23.4 Å². The molecule has 0 radical (unpaired) electrons. The highest BCUT2D eigenvalue weighted by atomic mass is 35.5. The minimum Gasteiger partial charge on any atom is -0.486 e. The van der Waals surface area contributed by atoms with Crippen molar-refractivity contribution in [1.29, 1.82) is 0 Å². The molecule has 1 amide bonds. The Morgan fingerprint density at radius 2 is 2.25 bits per heavy atom. The molecule has 0 fully saturated rings. The number of furan rings is 1. The van der Waals surface area contributed by atoms with Gasteiger partial charge in [-0.3, -0.25) is 4.79 Å². The second-order valence-corrected chi connectivity index (χ2v) is 7.60. The maximum absolute atomic E-state index is 12.3. The SMILES string of the molecule is CSc1nccc(-c2cc(Cl)c3c(c2)C[C@@H](CNC(=O)c2ccoc2C)O3)n1. The minimum atomic E-state index is -0.178. The molecule has 2 aromatic heterocycles. The van der Waals surface area contributed by atoms with Gasteiger partial charge in [-0.2, -0.15) is 0 Å². The zero-order valence-electron chi connectivity index (χ0n) is 15.4. The van der Waals surface area contributed by atoms with Crippen LogP contribution in [0.3, 0.4) is 0 Å². The predicted octanol–water partition coefficient (Wildman–Crippen LogP) is 4.15. The lowest BCUT2D eigenvalue weighted by molar-refractivity contribution is 0.0932. The molecular formula is C20H18ClN3O3S. The monoisotopic (exact) mass is 415 g/mol. The van der Waals surface area contributed by atoms with Crippen molar-refractivity contribution in [3.8, 4) is 17.0 Å². The van der Waals surface area contributed by atoms with Crippen molar-refractivity contribution in [2.24, 2.45) is 0 Å². The highest BCUT2D eigenvalue weighted by Crippen LogP contribution is 2.39. The molecule has 0 saturated heterocycles. The number of ether oxygens (including phenoxy) is 1. The van der Waals surface area contributed by atoms with Crippen molar-refractivity contribution < 1.29 is 13.9 Å². The number of nitrogens with zero attached hydrogens (tertiary/aromatic N) is 2. The summed E-state index contributed by atoms with van der Waals surface area (Å²) in [7, 11) is 0. The third-order valence-electron chi connectivity index (χ3n) is 4.56. The first-order chi connectivity index (χ1) is 13.5. The van der Waals surface area contributed by atoms with Crippen molar-refractivity contribution in [3.05, 3.63) is 58.6 Å². The topological polar surface area (TPSA) is 77.2 Å². The number of fused-ring (bicyclic) bond motifs is 1. The van der Waals surface area contributed by atoms with Gasteiger partial charge in [0.15, 0.2) is 5.16 Å². The van der Waals surface area contributed by atoms with E-state index in [2.05, 4.69) is 15.3 Å². The van der Waals surface area contributed by atoms with Crippen molar-refractivity contribution in [2.75, 3.05) is 12.8 Å². The van der Waals surface area contributed by atoms with Crippen LogP contribution in [0.2, 0.25) is 5.02 Å². The van der Waals surface area contributed by atoms with Crippen LogP contribution in [0.5, 0.6) is 5.75 Å². The number of carbonyl (C=O) groups excluding carboxylic acids is 1. The van der Waals surface area contributed by atoms with E-state index in [1.807, 2.05) is 24.5 Å². The fourth-order valence-electron chi connectivity index (χ4n) is 3.17. The van der Waals surface area contributed by atoms with Gasteiger partial charge < -0.3 is 14.5 Å². The van der Waals surface area contributed by atoms with Gasteiger partial charge in [-0.25, -0.2) is 9.97 Å². The Hall–Kier alpha value is -2.51. The second-order valence-electron chi connectivity index (χ2n) is 6.42. The summed E-state index contributed by atoms with van der Waals surface area (Å²) in [5.74, 6) is 1.08. The van der Waals surface area contributed by atoms with Gasteiger partial charge in [0.1, 0.15) is 17.6 Å². The fraction of sp³-hybridized carbons (Fsp3) is 0.250. The van der Waals surface area contributed by atoms with Gasteiger partial charge in [0.05, 0.1) is 29.1 Å². The molecule has 1 atom stereocenters. The van der Waals surface area contributed by atoms with Gasteiger partial charge in [0.2, 0.25) is 0 Å². The van der Waals surface area contributed by atoms with Crippen LogP contribution in [0.15, 0.2) is 46.3 Å². The molecule has 0 aliphatic carbocycles. The number of hydrogen-bond donors (Lipinski definition) is 1. The quantitative estimate of drug-likeness (QED) is 0.498. The average molecular weight is 416 g/mol. The molecular weight excluding hydrogens is 398 g/mol. The normalized spacial score (nSPS) is 15.2. The third-order valence-corrected chi connectivity index (χ3v) is 5.40. The molecule has 1 N–H and O–H groups in total. The Kier molecular flexibility index (Phi) is 5.28. The molecule has 1 aliphatic heterocycles. The highest BCUT2D eigenvalue weighted by Gasteiger charge is 2.27. The smallest absolute Gasteiger partial charge is 0.254 e. The van der Waals surface area contributed by atoms with Gasteiger partial charge in [-0.05, 0) is 37.4 Å². The first-order valence-electron chi connectivity index (χ1n) is 8.74. The molecule has 0 saturated carbocycles. The number of halogens is 1. The summed E-state index contributed by atoms with van der Waals surface area (Å²) >= 11 is 7.94. The molecule has 6 nitrogen and oxygen atoms in total. The Bertz CT molecular complexity index is 1040. The summed E-state index contributed by atoms with van der Waals surface area (Å²) in [5.41, 5.74) is 3.27. The van der Waals surface area contributed by atoms with Crippen molar-refractivity contribution >= 4 is 29.3 Å².